The lowest BCUT2D eigenvalue weighted by molar-refractivity contribution is 0.928. The fraction of sp³-hybridized carbons (Fsp3) is 0.500. The number of fused-ring (bicyclic) bond motifs is 3. The molecular weight excluding hydrogens is 304 g/mol. The van der Waals surface area contributed by atoms with Crippen molar-refractivity contribution in [3.05, 3.63) is 34.4 Å². The first-order valence-corrected chi connectivity index (χ1v) is 6.98. The van der Waals surface area contributed by atoms with Crippen LogP contribution in [-0.4, -0.2) is 9.65 Å². The van der Waals surface area contributed by atoms with Crippen molar-refractivity contribution in [2.24, 2.45) is 0 Å². The van der Waals surface area contributed by atoms with Crippen LogP contribution in [0.25, 0.3) is 0 Å². The Morgan fingerprint density at radius 1 is 0.786 bits per heavy atom. The van der Waals surface area contributed by atoms with Crippen LogP contribution in [0.2, 0.25) is 0 Å². The SMILES string of the molecule is BrC1Cc2ccc3c(c2C1)CC(Br)C3. The number of hydrogen-bond donors (Lipinski definition) is 0. The van der Waals surface area contributed by atoms with Gasteiger partial charge < -0.3 is 0 Å². The van der Waals surface area contributed by atoms with Gasteiger partial charge in [-0.25, -0.2) is 0 Å². The second-order valence-electron chi connectivity index (χ2n) is 4.35. The Labute approximate surface area is 101 Å². The van der Waals surface area contributed by atoms with E-state index in [4.69, 9.17) is 0 Å². The highest BCUT2D eigenvalue weighted by molar-refractivity contribution is 9.09. The van der Waals surface area contributed by atoms with Gasteiger partial charge in [-0.15, -0.1) is 0 Å². The number of benzene rings is 1. The fourth-order valence-electron chi connectivity index (χ4n) is 2.75. The van der Waals surface area contributed by atoms with Gasteiger partial charge in [0.2, 0.25) is 0 Å². The number of alkyl halides is 2. The summed E-state index contributed by atoms with van der Waals surface area (Å²) in [6, 6.07) is 4.67. The molecule has 0 aliphatic heterocycles. The Bertz CT molecular complexity index is 347. The molecule has 2 aliphatic carbocycles. The van der Waals surface area contributed by atoms with E-state index in [2.05, 4.69) is 44.0 Å². The minimum atomic E-state index is 0.679. The third kappa shape index (κ3) is 1.38. The summed E-state index contributed by atoms with van der Waals surface area (Å²) in [5.74, 6) is 0. The van der Waals surface area contributed by atoms with E-state index < -0.39 is 0 Å². The van der Waals surface area contributed by atoms with E-state index in [1.807, 2.05) is 0 Å². The summed E-state index contributed by atoms with van der Waals surface area (Å²) < 4.78 is 0. The zero-order chi connectivity index (χ0) is 9.71. The molecule has 0 saturated heterocycles. The lowest BCUT2D eigenvalue weighted by Crippen LogP contribution is -1.97. The smallest absolute Gasteiger partial charge is 0.0226 e. The van der Waals surface area contributed by atoms with Crippen molar-refractivity contribution in [2.45, 2.75) is 35.3 Å². The maximum atomic E-state index is 3.73. The third-order valence-corrected chi connectivity index (χ3v) is 4.65. The Balaban J connectivity index is 2.11. The standard InChI is InChI=1S/C12H12Br2/c13-9-3-7-1-2-8-4-10(14)6-12(8)11(7)5-9/h1-2,9-10H,3-6H2. The second-order valence-corrected chi connectivity index (χ2v) is 6.94. The molecule has 2 heteroatoms. The molecule has 2 atom stereocenters. The topological polar surface area (TPSA) is 0 Å². The first-order valence-electron chi connectivity index (χ1n) is 5.14. The first-order chi connectivity index (χ1) is 6.74. The van der Waals surface area contributed by atoms with Crippen molar-refractivity contribution >= 4 is 31.9 Å². The molecule has 2 unspecified atom stereocenters. The first kappa shape index (κ1) is 9.41. The maximum absolute atomic E-state index is 3.73. The monoisotopic (exact) mass is 314 g/mol. The molecule has 74 valence electrons. The molecular formula is C12H12Br2. The third-order valence-electron chi connectivity index (χ3n) is 3.36. The van der Waals surface area contributed by atoms with Crippen LogP contribution in [0.3, 0.4) is 0 Å². The molecule has 0 N–H and O–H groups in total. The summed E-state index contributed by atoms with van der Waals surface area (Å²) in [5, 5.41) is 0. The van der Waals surface area contributed by atoms with E-state index in [1.165, 1.54) is 25.7 Å². The van der Waals surface area contributed by atoms with Crippen molar-refractivity contribution in [2.75, 3.05) is 0 Å². The Hall–Kier alpha value is 0.180. The molecule has 0 bridgehead atoms. The van der Waals surface area contributed by atoms with Crippen molar-refractivity contribution in [3.8, 4) is 0 Å². The van der Waals surface area contributed by atoms with Gasteiger partial charge in [-0.3, -0.25) is 0 Å². The number of hydrogen-bond acceptors (Lipinski definition) is 0. The highest BCUT2D eigenvalue weighted by Gasteiger charge is 2.28. The molecule has 0 aromatic heterocycles. The average molecular weight is 316 g/mol. The normalized spacial score (nSPS) is 29.0. The summed E-state index contributed by atoms with van der Waals surface area (Å²) in [4.78, 5) is 1.36. The highest BCUT2D eigenvalue weighted by atomic mass is 79.9. The van der Waals surface area contributed by atoms with Crippen LogP contribution in [0.5, 0.6) is 0 Å². The molecule has 3 rings (SSSR count). The van der Waals surface area contributed by atoms with E-state index in [-0.39, 0.29) is 0 Å². The minimum absolute atomic E-state index is 0.679. The van der Waals surface area contributed by atoms with Crippen LogP contribution in [-0.2, 0) is 25.7 Å². The molecule has 14 heavy (non-hydrogen) atoms. The van der Waals surface area contributed by atoms with Gasteiger partial charge in [0.25, 0.3) is 0 Å². The van der Waals surface area contributed by atoms with E-state index >= 15 is 0 Å². The molecule has 0 spiro atoms. The molecule has 0 heterocycles. The molecule has 0 amide bonds. The van der Waals surface area contributed by atoms with Gasteiger partial charge in [-0.05, 0) is 47.9 Å². The molecule has 0 fully saturated rings. The predicted octanol–water partition coefficient (Wildman–Crippen LogP) is 3.41. The average Bonchev–Trinajstić information content (AvgIpc) is 2.65. The summed E-state index contributed by atoms with van der Waals surface area (Å²) in [6.07, 6.45) is 4.90. The summed E-state index contributed by atoms with van der Waals surface area (Å²) in [5.41, 5.74) is 6.44. The highest BCUT2D eigenvalue weighted by Crippen LogP contribution is 2.37. The number of rotatable bonds is 0. The van der Waals surface area contributed by atoms with Crippen molar-refractivity contribution in [3.63, 3.8) is 0 Å². The van der Waals surface area contributed by atoms with E-state index in [9.17, 15) is 0 Å². The van der Waals surface area contributed by atoms with Crippen LogP contribution < -0.4 is 0 Å². The second kappa shape index (κ2) is 3.34. The van der Waals surface area contributed by atoms with Crippen molar-refractivity contribution < 1.29 is 0 Å². The van der Waals surface area contributed by atoms with Gasteiger partial charge in [-0.2, -0.15) is 0 Å². The van der Waals surface area contributed by atoms with Gasteiger partial charge in [0.15, 0.2) is 0 Å². The quantitative estimate of drug-likeness (QED) is 0.644. The van der Waals surface area contributed by atoms with Crippen LogP contribution >= 0.6 is 31.9 Å². The Morgan fingerprint density at radius 2 is 1.21 bits per heavy atom. The van der Waals surface area contributed by atoms with E-state index in [0.29, 0.717) is 9.65 Å². The van der Waals surface area contributed by atoms with Crippen LogP contribution in [0.15, 0.2) is 12.1 Å². The van der Waals surface area contributed by atoms with E-state index in [0.717, 1.165) is 0 Å². The molecule has 0 radical (unpaired) electrons. The largest absolute Gasteiger partial charge is 0.0883 e. The van der Waals surface area contributed by atoms with Crippen LogP contribution in [0, 0.1) is 0 Å². The summed E-state index contributed by atoms with van der Waals surface area (Å²) in [6.45, 7) is 0. The minimum Gasteiger partial charge on any atom is -0.0883 e. The predicted molar refractivity (Wildman–Crippen MR) is 66.7 cm³/mol. The Morgan fingerprint density at radius 3 is 1.64 bits per heavy atom. The zero-order valence-electron chi connectivity index (χ0n) is 7.89. The molecule has 0 saturated carbocycles. The molecule has 1 aromatic rings. The van der Waals surface area contributed by atoms with Crippen molar-refractivity contribution in [1.82, 2.24) is 0 Å². The van der Waals surface area contributed by atoms with Gasteiger partial charge in [0.05, 0.1) is 0 Å². The molecule has 1 aromatic carbocycles. The van der Waals surface area contributed by atoms with Crippen LogP contribution in [0.1, 0.15) is 22.3 Å². The lowest BCUT2D eigenvalue weighted by atomic mass is 10.00. The number of halogens is 2. The van der Waals surface area contributed by atoms with Crippen LogP contribution in [0.4, 0.5) is 0 Å². The summed E-state index contributed by atoms with van der Waals surface area (Å²) in [7, 11) is 0. The Kier molecular flexibility index (Phi) is 2.25. The fourth-order valence-corrected chi connectivity index (χ4v) is 4.09. The van der Waals surface area contributed by atoms with E-state index in [1.54, 1.807) is 22.3 Å². The van der Waals surface area contributed by atoms with Crippen molar-refractivity contribution in [1.29, 1.82) is 0 Å². The molecule has 2 aliphatic rings. The maximum Gasteiger partial charge on any atom is 0.0226 e. The summed E-state index contributed by atoms with van der Waals surface area (Å²) >= 11 is 7.46. The van der Waals surface area contributed by atoms with Gasteiger partial charge in [0, 0.05) is 9.65 Å². The molecule has 0 nitrogen and oxygen atoms in total. The zero-order valence-corrected chi connectivity index (χ0v) is 11.1. The van der Waals surface area contributed by atoms with Gasteiger partial charge in [0.1, 0.15) is 0 Å². The van der Waals surface area contributed by atoms with Gasteiger partial charge >= 0.3 is 0 Å². The van der Waals surface area contributed by atoms with Gasteiger partial charge in [-0.1, -0.05) is 44.0 Å². The lowest BCUT2D eigenvalue weighted by Gasteiger charge is -2.06.